The number of hydrogen-bond acceptors (Lipinski definition) is 5. The van der Waals surface area contributed by atoms with Crippen LogP contribution in [-0.2, 0) is 25.7 Å². The monoisotopic (exact) mass is 568 g/mol. The van der Waals surface area contributed by atoms with E-state index < -0.39 is 42.4 Å². The minimum absolute atomic E-state index is 0.0149. The molecule has 222 valence electrons. The smallest absolute Gasteiger partial charge is 0.408 e. The van der Waals surface area contributed by atoms with E-state index in [1.165, 1.54) is 17.0 Å². The van der Waals surface area contributed by atoms with Crippen molar-refractivity contribution in [2.75, 3.05) is 13.1 Å². The van der Waals surface area contributed by atoms with Gasteiger partial charge in [-0.15, -0.1) is 0 Å². The molecule has 3 fully saturated rings. The lowest BCUT2D eigenvalue weighted by Gasteiger charge is -2.41. The fourth-order valence-corrected chi connectivity index (χ4v) is 5.24. The topological polar surface area (TPSA) is 108 Å². The molecule has 1 aliphatic carbocycles. The van der Waals surface area contributed by atoms with Crippen LogP contribution in [0.4, 0.5) is 18.0 Å². The van der Waals surface area contributed by atoms with E-state index in [1.807, 2.05) is 6.92 Å². The first kappa shape index (κ1) is 31.2. The molecule has 0 radical (unpaired) electrons. The van der Waals surface area contributed by atoms with Crippen LogP contribution in [0.15, 0.2) is 24.3 Å². The number of alkyl carbamates (subject to hydrolysis) is 1. The van der Waals surface area contributed by atoms with Crippen LogP contribution in [0.1, 0.15) is 65.4 Å². The molecule has 40 heavy (non-hydrogen) atoms. The van der Waals surface area contributed by atoms with Crippen molar-refractivity contribution < 1.29 is 37.1 Å². The number of hydrogen-bond donors (Lipinski definition) is 2. The van der Waals surface area contributed by atoms with E-state index in [2.05, 4.69) is 10.6 Å². The Morgan fingerprint density at radius 3 is 2.35 bits per heavy atom. The molecule has 2 aliphatic heterocycles. The average molecular weight is 569 g/mol. The Morgan fingerprint density at radius 1 is 1.12 bits per heavy atom. The third kappa shape index (κ3) is 8.59. The van der Waals surface area contributed by atoms with Gasteiger partial charge in [0.15, 0.2) is 0 Å². The summed E-state index contributed by atoms with van der Waals surface area (Å²) < 4.78 is 44.1. The molecule has 3 atom stereocenters. The number of benzene rings is 1. The highest BCUT2D eigenvalue weighted by Gasteiger charge is 2.51. The summed E-state index contributed by atoms with van der Waals surface area (Å²) in [6, 6.07) is 5.07. The van der Waals surface area contributed by atoms with E-state index >= 15 is 0 Å². The quantitative estimate of drug-likeness (QED) is 0.528. The second-order valence-corrected chi connectivity index (χ2v) is 11.7. The summed E-state index contributed by atoms with van der Waals surface area (Å²) in [6.07, 6.45) is 1.28. The van der Waals surface area contributed by atoms with Crippen molar-refractivity contribution in [3.05, 3.63) is 35.6 Å². The van der Waals surface area contributed by atoms with Crippen LogP contribution >= 0.6 is 0 Å². The second kappa shape index (κ2) is 12.9. The maximum Gasteiger partial charge on any atom is 0.408 e. The van der Waals surface area contributed by atoms with Crippen molar-refractivity contribution in [2.24, 2.45) is 5.92 Å². The zero-order chi connectivity index (χ0) is 29.7. The van der Waals surface area contributed by atoms with Crippen LogP contribution in [0.25, 0.3) is 0 Å². The maximum atomic E-state index is 13.2. The molecule has 3 aliphatic rings. The van der Waals surface area contributed by atoms with Crippen LogP contribution in [-0.4, -0.2) is 76.9 Å². The van der Waals surface area contributed by atoms with Gasteiger partial charge in [0.25, 0.3) is 0 Å². The van der Waals surface area contributed by atoms with Crippen molar-refractivity contribution in [1.82, 2.24) is 20.4 Å². The third-order valence-electron chi connectivity index (χ3n) is 7.22. The van der Waals surface area contributed by atoms with Gasteiger partial charge in [-0.25, -0.2) is 18.0 Å². The Balaban J connectivity index is 0.000000336. The number of amides is 4. The number of nitrogens with zero attached hydrogens (tertiary/aromatic N) is 2. The molecular weight excluding hydrogens is 529 g/mol. The molecule has 2 heterocycles. The van der Waals surface area contributed by atoms with E-state index in [-0.39, 0.29) is 36.3 Å². The zero-order valence-corrected chi connectivity index (χ0v) is 23.4. The van der Waals surface area contributed by atoms with Gasteiger partial charge in [0.05, 0.1) is 6.54 Å². The summed E-state index contributed by atoms with van der Waals surface area (Å²) in [5, 5.41) is 5.09. The first-order chi connectivity index (χ1) is 18.7. The highest BCUT2D eigenvalue weighted by Crippen LogP contribution is 2.43. The standard InChI is InChI=1S/C20H31F2N3O4.C8H8FNO/c1-12-5-6-14-7-8-24(16(26)13-9-20(21,22)10-13)11-15(17(27)25(12)14)23-18(28)29-19(2,3)4;9-8-3-1-7(2-4-8)5-10-6-11/h12-15H,5-11H2,1-4H3,(H,23,28);1-4,6H,5H2,(H,10,11). The van der Waals surface area contributed by atoms with E-state index in [1.54, 1.807) is 37.8 Å². The third-order valence-corrected chi connectivity index (χ3v) is 7.22. The molecule has 1 saturated carbocycles. The first-order valence-corrected chi connectivity index (χ1v) is 13.6. The van der Waals surface area contributed by atoms with E-state index in [4.69, 9.17) is 4.74 Å². The molecular formula is C28H39F3N4O5. The fourth-order valence-electron chi connectivity index (χ4n) is 5.24. The second-order valence-electron chi connectivity index (χ2n) is 11.7. The van der Waals surface area contributed by atoms with Gasteiger partial charge < -0.3 is 25.2 Å². The Kier molecular flexibility index (Phi) is 10.1. The number of ether oxygens (including phenoxy) is 1. The summed E-state index contributed by atoms with van der Waals surface area (Å²) in [7, 11) is 0. The number of rotatable bonds is 5. The molecule has 0 aromatic heterocycles. The molecule has 9 nitrogen and oxygen atoms in total. The molecule has 2 saturated heterocycles. The Morgan fingerprint density at radius 2 is 1.77 bits per heavy atom. The van der Waals surface area contributed by atoms with E-state index in [9.17, 15) is 32.3 Å². The molecule has 4 amide bonds. The molecule has 3 unspecified atom stereocenters. The highest BCUT2D eigenvalue weighted by molar-refractivity contribution is 5.88. The lowest BCUT2D eigenvalue weighted by Crippen LogP contribution is -2.60. The van der Waals surface area contributed by atoms with Gasteiger partial charge in [-0.2, -0.15) is 0 Å². The summed E-state index contributed by atoms with van der Waals surface area (Å²) >= 11 is 0. The van der Waals surface area contributed by atoms with Crippen molar-refractivity contribution in [2.45, 2.75) is 96.0 Å². The first-order valence-electron chi connectivity index (χ1n) is 13.6. The van der Waals surface area contributed by atoms with Crippen LogP contribution < -0.4 is 10.6 Å². The summed E-state index contributed by atoms with van der Waals surface area (Å²) in [5.41, 5.74) is 0.157. The largest absolute Gasteiger partial charge is 0.444 e. The fraction of sp³-hybridized carbons (Fsp3) is 0.643. The van der Waals surface area contributed by atoms with Crippen molar-refractivity contribution >= 4 is 24.3 Å². The Labute approximate surface area is 232 Å². The van der Waals surface area contributed by atoms with Crippen molar-refractivity contribution in [3.63, 3.8) is 0 Å². The molecule has 12 heteroatoms. The Hall–Kier alpha value is -3.31. The molecule has 4 rings (SSSR count). The average Bonchev–Trinajstić information content (AvgIpc) is 3.21. The van der Waals surface area contributed by atoms with Crippen LogP contribution in [0, 0.1) is 11.7 Å². The number of nitrogens with one attached hydrogen (secondary N) is 2. The lowest BCUT2D eigenvalue weighted by molar-refractivity contribution is -0.161. The van der Waals surface area contributed by atoms with Crippen molar-refractivity contribution in [3.8, 4) is 0 Å². The number of alkyl halides is 2. The van der Waals surface area contributed by atoms with Gasteiger partial charge in [0, 0.05) is 43.9 Å². The van der Waals surface area contributed by atoms with Crippen molar-refractivity contribution in [1.29, 1.82) is 0 Å². The summed E-state index contributed by atoms with van der Waals surface area (Å²) in [4.78, 5) is 51.4. The van der Waals surface area contributed by atoms with Gasteiger partial charge in [0.1, 0.15) is 17.5 Å². The maximum absolute atomic E-state index is 13.2. The van der Waals surface area contributed by atoms with Gasteiger partial charge in [-0.1, -0.05) is 12.1 Å². The minimum atomic E-state index is -2.79. The molecule has 1 aromatic carbocycles. The number of carbonyl (C=O) groups excluding carboxylic acids is 4. The van der Waals surface area contributed by atoms with Gasteiger partial charge in [-0.05, 0) is 64.7 Å². The summed E-state index contributed by atoms with van der Waals surface area (Å²) in [5.74, 6) is -4.38. The molecule has 1 aromatic rings. The number of halogens is 3. The lowest BCUT2D eigenvalue weighted by atomic mass is 9.80. The number of carbonyl (C=O) groups is 4. The van der Waals surface area contributed by atoms with Gasteiger partial charge >= 0.3 is 6.09 Å². The number of fused-ring (bicyclic) bond motifs is 1. The predicted octanol–water partition coefficient (Wildman–Crippen LogP) is 3.61. The predicted molar refractivity (Wildman–Crippen MR) is 141 cm³/mol. The van der Waals surface area contributed by atoms with E-state index in [0.29, 0.717) is 25.9 Å². The molecule has 0 spiro atoms. The van der Waals surface area contributed by atoms with Crippen LogP contribution in [0.3, 0.4) is 0 Å². The highest BCUT2D eigenvalue weighted by atomic mass is 19.3. The van der Waals surface area contributed by atoms with E-state index in [0.717, 1.165) is 18.4 Å². The SMILES string of the molecule is CC1CCC2CCN(C(=O)C3CC(F)(F)C3)CC(NC(=O)OC(C)(C)C)C(=O)N12.O=CNCc1ccc(F)cc1. The van der Waals surface area contributed by atoms with Crippen LogP contribution in [0.5, 0.6) is 0 Å². The van der Waals surface area contributed by atoms with Crippen LogP contribution in [0.2, 0.25) is 0 Å². The zero-order valence-electron chi connectivity index (χ0n) is 23.4. The molecule has 2 N–H and O–H groups in total. The summed E-state index contributed by atoms with van der Waals surface area (Å²) in [6.45, 7) is 7.93. The Bertz CT molecular complexity index is 1060. The normalized spacial score (nSPS) is 24.4. The van der Waals surface area contributed by atoms with Gasteiger partial charge in [-0.3, -0.25) is 14.4 Å². The minimum Gasteiger partial charge on any atom is -0.444 e. The molecule has 0 bridgehead atoms. The van der Waals surface area contributed by atoms with Gasteiger partial charge in [0.2, 0.25) is 24.1 Å².